The summed E-state index contributed by atoms with van der Waals surface area (Å²) < 4.78 is 17.4. The maximum absolute atomic E-state index is 13.1. The molecule has 2 aromatic heterocycles. The molecular formula is C23H17NO5. The molecule has 0 unspecified atom stereocenters. The third-order valence-corrected chi connectivity index (χ3v) is 5.02. The fourth-order valence-electron chi connectivity index (χ4n) is 3.73. The van der Waals surface area contributed by atoms with Gasteiger partial charge in [-0.3, -0.25) is 4.79 Å². The Balaban J connectivity index is 1.64. The number of ether oxygens (including phenoxy) is 1. The van der Waals surface area contributed by atoms with E-state index in [0.717, 1.165) is 0 Å². The van der Waals surface area contributed by atoms with Crippen LogP contribution in [0.4, 0.5) is 5.69 Å². The molecule has 5 rings (SSSR count). The van der Waals surface area contributed by atoms with Crippen LogP contribution in [-0.2, 0) is 4.79 Å². The molecule has 1 N–H and O–H groups in total. The smallest absolute Gasteiger partial charge is 0.344 e. The largest absolute Gasteiger partial charge is 0.478 e. The minimum atomic E-state index is -0.968. The molecule has 2 atom stereocenters. The van der Waals surface area contributed by atoms with E-state index < -0.39 is 17.6 Å². The van der Waals surface area contributed by atoms with Gasteiger partial charge in [0, 0.05) is 5.69 Å². The lowest BCUT2D eigenvalue weighted by Gasteiger charge is -2.16. The molecule has 29 heavy (non-hydrogen) atoms. The number of aryl methyl sites for hydroxylation is 1. The number of anilines is 1. The van der Waals surface area contributed by atoms with Crippen LogP contribution in [0.3, 0.4) is 0 Å². The molecular weight excluding hydrogens is 370 g/mol. The van der Waals surface area contributed by atoms with E-state index in [2.05, 4.69) is 5.32 Å². The van der Waals surface area contributed by atoms with Crippen molar-refractivity contribution in [2.45, 2.75) is 18.9 Å². The van der Waals surface area contributed by atoms with Crippen molar-refractivity contribution in [3.63, 3.8) is 0 Å². The molecule has 6 nitrogen and oxygen atoms in total. The van der Waals surface area contributed by atoms with Gasteiger partial charge in [0.15, 0.2) is 6.10 Å². The van der Waals surface area contributed by atoms with Gasteiger partial charge >= 0.3 is 5.63 Å². The summed E-state index contributed by atoms with van der Waals surface area (Å²) in [4.78, 5) is 25.9. The van der Waals surface area contributed by atoms with Crippen LogP contribution in [0.15, 0.2) is 80.4 Å². The first-order valence-corrected chi connectivity index (χ1v) is 9.26. The average Bonchev–Trinajstić information content (AvgIpc) is 3.33. The molecule has 0 fully saturated rings. The van der Waals surface area contributed by atoms with Gasteiger partial charge in [0.25, 0.3) is 5.91 Å². The molecule has 3 heterocycles. The second-order valence-corrected chi connectivity index (χ2v) is 6.95. The molecule has 1 aliphatic heterocycles. The van der Waals surface area contributed by atoms with Crippen LogP contribution < -0.4 is 15.7 Å². The summed E-state index contributed by atoms with van der Waals surface area (Å²) in [5, 5.41) is 3.50. The van der Waals surface area contributed by atoms with E-state index in [4.69, 9.17) is 13.6 Å². The Morgan fingerprint density at radius 2 is 1.69 bits per heavy atom. The molecule has 0 saturated carbocycles. The predicted molar refractivity (Wildman–Crippen MR) is 107 cm³/mol. The third-order valence-electron chi connectivity index (χ3n) is 5.02. The highest BCUT2D eigenvalue weighted by molar-refractivity contribution is 5.97. The number of furan rings is 1. The standard InChI is InChI=1S/C23H17NO5/c1-13-11-12-17(27-13)18-19-20(15-9-5-6-10-16(15)28-23(19)26)29-21(18)22(25)24-14-7-3-2-4-8-14/h2-12,18,21H,1H3,(H,24,25)/t18-,21-/m1/s1. The molecule has 0 radical (unpaired) electrons. The molecule has 1 amide bonds. The highest BCUT2D eigenvalue weighted by Gasteiger charge is 2.45. The summed E-state index contributed by atoms with van der Waals surface area (Å²) in [5.41, 5.74) is 0.817. The molecule has 144 valence electrons. The number of carbonyl (C=O) groups excluding carboxylic acids is 1. The molecule has 0 spiro atoms. The Labute approximate surface area is 165 Å². The molecule has 1 aliphatic rings. The van der Waals surface area contributed by atoms with E-state index in [9.17, 15) is 9.59 Å². The third kappa shape index (κ3) is 2.89. The second kappa shape index (κ2) is 6.67. The van der Waals surface area contributed by atoms with Crippen LogP contribution in [0.25, 0.3) is 11.0 Å². The van der Waals surface area contributed by atoms with Crippen molar-refractivity contribution in [1.82, 2.24) is 0 Å². The number of para-hydroxylation sites is 2. The van der Waals surface area contributed by atoms with Crippen LogP contribution in [0.5, 0.6) is 5.75 Å². The summed E-state index contributed by atoms with van der Waals surface area (Å²) in [7, 11) is 0. The van der Waals surface area contributed by atoms with E-state index in [1.54, 1.807) is 42.5 Å². The molecule has 4 aromatic rings. The number of benzene rings is 2. The van der Waals surface area contributed by atoms with E-state index in [0.29, 0.717) is 39.5 Å². The average molecular weight is 387 g/mol. The predicted octanol–water partition coefficient (Wildman–Crippen LogP) is 4.23. The van der Waals surface area contributed by atoms with Crippen molar-refractivity contribution in [2.24, 2.45) is 0 Å². The first-order chi connectivity index (χ1) is 14.1. The normalized spacial score (nSPS) is 17.7. The van der Waals surface area contributed by atoms with Gasteiger partial charge in [0.2, 0.25) is 0 Å². The highest BCUT2D eigenvalue weighted by Crippen LogP contribution is 2.44. The van der Waals surface area contributed by atoms with E-state index in [1.807, 2.05) is 31.2 Å². The van der Waals surface area contributed by atoms with E-state index >= 15 is 0 Å². The van der Waals surface area contributed by atoms with Gasteiger partial charge in [-0.05, 0) is 43.3 Å². The molecule has 0 saturated heterocycles. The number of rotatable bonds is 3. The van der Waals surface area contributed by atoms with Gasteiger partial charge in [-0.2, -0.15) is 0 Å². The first kappa shape index (κ1) is 17.3. The van der Waals surface area contributed by atoms with E-state index in [-0.39, 0.29) is 5.91 Å². The summed E-state index contributed by atoms with van der Waals surface area (Å²) in [6, 6.07) is 19.8. The fraction of sp³-hybridized carbons (Fsp3) is 0.130. The van der Waals surface area contributed by atoms with Gasteiger partial charge in [0.05, 0.1) is 16.9 Å². The van der Waals surface area contributed by atoms with Gasteiger partial charge in [-0.1, -0.05) is 30.3 Å². The van der Waals surface area contributed by atoms with Crippen molar-refractivity contribution in [2.75, 3.05) is 5.32 Å². The lowest BCUT2D eigenvalue weighted by molar-refractivity contribution is -0.122. The quantitative estimate of drug-likeness (QED) is 0.532. The van der Waals surface area contributed by atoms with Crippen molar-refractivity contribution in [3.05, 3.63) is 94.2 Å². The summed E-state index contributed by atoms with van der Waals surface area (Å²) in [5.74, 6) is 0.459. The number of nitrogens with one attached hydrogen (secondary N) is 1. The van der Waals surface area contributed by atoms with Crippen molar-refractivity contribution in [1.29, 1.82) is 0 Å². The van der Waals surface area contributed by atoms with Crippen molar-refractivity contribution in [3.8, 4) is 5.75 Å². The maximum Gasteiger partial charge on any atom is 0.344 e. The minimum absolute atomic E-state index is 0.297. The summed E-state index contributed by atoms with van der Waals surface area (Å²) in [6.07, 6.45) is -0.968. The van der Waals surface area contributed by atoms with Crippen LogP contribution in [0.1, 0.15) is 23.0 Å². The Hall–Kier alpha value is -3.80. The molecule has 0 aliphatic carbocycles. The van der Waals surface area contributed by atoms with Crippen molar-refractivity contribution < 1.29 is 18.4 Å². The Morgan fingerprint density at radius 1 is 0.931 bits per heavy atom. The van der Waals surface area contributed by atoms with Gasteiger partial charge in [0.1, 0.15) is 22.9 Å². The van der Waals surface area contributed by atoms with E-state index in [1.165, 1.54) is 0 Å². The zero-order chi connectivity index (χ0) is 20.0. The topological polar surface area (TPSA) is 81.7 Å². The highest BCUT2D eigenvalue weighted by atomic mass is 16.5. The van der Waals surface area contributed by atoms with Crippen LogP contribution in [0.2, 0.25) is 0 Å². The number of fused-ring (bicyclic) bond motifs is 3. The SMILES string of the molecule is Cc1ccc([C@@H]2c3c(c4ccccc4oc3=O)O[C@H]2C(=O)Nc2ccccc2)o1. The first-order valence-electron chi connectivity index (χ1n) is 9.26. The van der Waals surface area contributed by atoms with Gasteiger partial charge < -0.3 is 18.9 Å². The van der Waals surface area contributed by atoms with Gasteiger partial charge in [-0.25, -0.2) is 4.79 Å². The Kier molecular flexibility index (Phi) is 3.98. The lowest BCUT2D eigenvalue weighted by atomic mass is 9.93. The van der Waals surface area contributed by atoms with Crippen LogP contribution in [0, 0.1) is 6.92 Å². The number of hydrogen-bond acceptors (Lipinski definition) is 5. The number of hydrogen-bond donors (Lipinski definition) is 1. The Bertz CT molecular complexity index is 1270. The lowest BCUT2D eigenvalue weighted by Crippen LogP contribution is -2.35. The van der Waals surface area contributed by atoms with Crippen molar-refractivity contribution >= 4 is 22.6 Å². The summed E-state index contributed by atoms with van der Waals surface area (Å²) in [6.45, 7) is 1.81. The number of amides is 1. The number of carbonyl (C=O) groups is 1. The summed E-state index contributed by atoms with van der Waals surface area (Å²) >= 11 is 0. The van der Waals surface area contributed by atoms with Crippen LogP contribution >= 0.6 is 0 Å². The second-order valence-electron chi connectivity index (χ2n) is 6.95. The zero-order valence-electron chi connectivity index (χ0n) is 15.5. The molecule has 6 heteroatoms. The van der Waals surface area contributed by atoms with Crippen LogP contribution in [-0.4, -0.2) is 12.0 Å². The molecule has 2 aromatic carbocycles. The fourth-order valence-corrected chi connectivity index (χ4v) is 3.73. The van der Waals surface area contributed by atoms with Gasteiger partial charge in [-0.15, -0.1) is 0 Å². The molecule has 0 bridgehead atoms. The Morgan fingerprint density at radius 3 is 2.45 bits per heavy atom. The zero-order valence-corrected chi connectivity index (χ0v) is 15.5. The minimum Gasteiger partial charge on any atom is -0.478 e. The monoisotopic (exact) mass is 387 g/mol. The maximum atomic E-state index is 13.1.